The van der Waals surface area contributed by atoms with E-state index in [2.05, 4.69) is 22.9 Å². The summed E-state index contributed by atoms with van der Waals surface area (Å²) in [5.41, 5.74) is 2.39. The quantitative estimate of drug-likeness (QED) is 0.728. The largest absolute Gasteiger partial charge is 0.356 e. The fourth-order valence-corrected chi connectivity index (χ4v) is 2.65. The van der Waals surface area contributed by atoms with Gasteiger partial charge in [0.25, 0.3) is 0 Å². The average Bonchev–Trinajstić information content (AvgIpc) is 3.23. The van der Waals surface area contributed by atoms with E-state index >= 15 is 0 Å². The van der Waals surface area contributed by atoms with Crippen molar-refractivity contribution in [3.63, 3.8) is 0 Å². The minimum absolute atomic E-state index is 0.555. The molecule has 0 N–H and O–H groups in total. The van der Waals surface area contributed by atoms with E-state index < -0.39 is 0 Å². The van der Waals surface area contributed by atoms with Gasteiger partial charge in [-0.25, -0.2) is 4.98 Å². The van der Waals surface area contributed by atoms with Crippen molar-refractivity contribution in [2.45, 2.75) is 38.5 Å². The van der Waals surface area contributed by atoms with Crippen molar-refractivity contribution in [2.24, 2.45) is 11.8 Å². The number of aryl methyl sites for hydroxylation is 1. The fraction of sp³-hybridized carbons (Fsp3) is 0.667. The molecule has 1 aromatic heterocycles. The van der Waals surface area contributed by atoms with Crippen LogP contribution >= 0.6 is 11.6 Å². The predicted octanol–water partition coefficient (Wildman–Crippen LogP) is 3.76. The third-order valence-corrected chi connectivity index (χ3v) is 4.22. The molecule has 0 bridgehead atoms. The Morgan fingerprint density at radius 3 is 2.28 bits per heavy atom. The Balaban J connectivity index is 1.77. The summed E-state index contributed by atoms with van der Waals surface area (Å²) >= 11 is 5.87. The number of aromatic nitrogens is 1. The van der Waals surface area contributed by atoms with Crippen molar-refractivity contribution < 1.29 is 0 Å². The van der Waals surface area contributed by atoms with Crippen molar-refractivity contribution in [1.29, 1.82) is 0 Å². The second-order valence-electron chi connectivity index (χ2n) is 5.91. The summed E-state index contributed by atoms with van der Waals surface area (Å²) in [7, 11) is 0. The van der Waals surface area contributed by atoms with E-state index in [4.69, 9.17) is 11.6 Å². The SMILES string of the molecule is Cc1cc(CCl)cnc1N(CC1CC1)CC1CC1. The lowest BCUT2D eigenvalue weighted by Crippen LogP contribution is -2.29. The van der Waals surface area contributed by atoms with Crippen LogP contribution in [0.5, 0.6) is 0 Å². The number of anilines is 1. The van der Waals surface area contributed by atoms with Crippen LogP contribution in [0.25, 0.3) is 0 Å². The maximum absolute atomic E-state index is 5.87. The molecule has 0 atom stereocenters. The summed E-state index contributed by atoms with van der Waals surface area (Å²) < 4.78 is 0. The van der Waals surface area contributed by atoms with E-state index in [0.717, 1.165) is 17.4 Å². The molecule has 0 saturated heterocycles. The topological polar surface area (TPSA) is 16.1 Å². The normalized spacial score (nSPS) is 19.0. The molecule has 0 aromatic carbocycles. The van der Waals surface area contributed by atoms with Crippen LogP contribution in [0.1, 0.15) is 36.8 Å². The standard InChI is InChI=1S/C15H21ClN2/c1-11-6-14(7-16)8-17-15(11)18(9-12-2-3-12)10-13-4-5-13/h6,8,12-13H,2-5,7,9-10H2,1H3. The molecule has 0 unspecified atom stereocenters. The van der Waals surface area contributed by atoms with Gasteiger partial charge in [-0.05, 0) is 61.6 Å². The van der Waals surface area contributed by atoms with E-state index in [0.29, 0.717) is 5.88 Å². The van der Waals surface area contributed by atoms with Crippen LogP contribution in [0.3, 0.4) is 0 Å². The molecule has 0 spiro atoms. The number of hydrogen-bond acceptors (Lipinski definition) is 2. The molecule has 2 aliphatic rings. The zero-order chi connectivity index (χ0) is 12.5. The first-order valence-electron chi connectivity index (χ1n) is 7.02. The van der Waals surface area contributed by atoms with Crippen LogP contribution in [0.15, 0.2) is 12.3 Å². The maximum Gasteiger partial charge on any atom is 0.131 e. The van der Waals surface area contributed by atoms with Crippen LogP contribution in [-0.4, -0.2) is 18.1 Å². The molecule has 1 aromatic rings. The molecule has 0 aliphatic heterocycles. The molecule has 98 valence electrons. The second-order valence-corrected chi connectivity index (χ2v) is 6.18. The van der Waals surface area contributed by atoms with E-state index in [-0.39, 0.29) is 0 Å². The summed E-state index contributed by atoms with van der Waals surface area (Å²) in [6.07, 6.45) is 7.54. The predicted molar refractivity (Wildman–Crippen MR) is 76.2 cm³/mol. The van der Waals surface area contributed by atoms with Gasteiger partial charge in [0, 0.05) is 25.2 Å². The Bertz CT molecular complexity index is 411. The van der Waals surface area contributed by atoms with E-state index in [1.165, 1.54) is 50.2 Å². The van der Waals surface area contributed by atoms with Crippen LogP contribution in [0.4, 0.5) is 5.82 Å². The van der Waals surface area contributed by atoms with Crippen LogP contribution in [-0.2, 0) is 5.88 Å². The molecule has 3 rings (SSSR count). The lowest BCUT2D eigenvalue weighted by atomic mass is 10.2. The maximum atomic E-state index is 5.87. The fourth-order valence-electron chi connectivity index (χ4n) is 2.50. The van der Waals surface area contributed by atoms with Crippen molar-refractivity contribution in [3.8, 4) is 0 Å². The first-order valence-corrected chi connectivity index (χ1v) is 7.56. The third kappa shape index (κ3) is 2.97. The van der Waals surface area contributed by atoms with Gasteiger partial charge in [0.15, 0.2) is 0 Å². The Labute approximate surface area is 114 Å². The number of pyridine rings is 1. The lowest BCUT2D eigenvalue weighted by Gasteiger charge is -2.25. The highest BCUT2D eigenvalue weighted by Gasteiger charge is 2.30. The molecular formula is C15H21ClN2. The Kier molecular flexibility index (Phi) is 3.47. The Hall–Kier alpha value is -0.760. The van der Waals surface area contributed by atoms with Gasteiger partial charge in [0.1, 0.15) is 5.82 Å². The average molecular weight is 265 g/mol. The zero-order valence-electron chi connectivity index (χ0n) is 11.0. The summed E-state index contributed by atoms with van der Waals surface area (Å²) in [4.78, 5) is 7.17. The summed E-state index contributed by atoms with van der Waals surface area (Å²) in [6.45, 7) is 4.56. The van der Waals surface area contributed by atoms with Gasteiger partial charge in [0.2, 0.25) is 0 Å². The Morgan fingerprint density at radius 1 is 1.22 bits per heavy atom. The van der Waals surface area contributed by atoms with Gasteiger partial charge in [0.05, 0.1) is 0 Å². The summed E-state index contributed by atoms with van der Waals surface area (Å²) in [5.74, 6) is 3.57. The monoisotopic (exact) mass is 264 g/mol. The van der Waals surface area contributed by atoms with E-state index in [9.17, 15) is 0 Å². The summed E-state index contributed by atoms with van der Waals surface area (Å²) in [6, 6.07) is 2.18. The van der Waals surface area contributed by atoms with Gasteiger partial charge in [-0.1, -0.05) is 0 Å². The minimum Gasteiger partial charge on any atom is -0.356 e. The number of rotatable bonds is 6. The molecule has 2 fully saturated rings. The Morgan fingerprint density at radius 2 is 1.83 bits per heavy atom. The smallest absolute Gasteiger partial charge is 0.131 e. The van der Waals surface area contributed by atoms with Gasteiger partial charge in [-0.3, -0.25) is 0 Å². The highest BCUT2D eigenvalue weighted by atomic mass is 35.5. The number of nitrogens with zero attached hydrogens (tertiary/aromatic N) is 2. The number of alkyl halides is 1. The van der Waals surface area contributed by atoms with Crippen LogP contribution < -0.4 is 4.90 Å². The van der Waals surface area contributed by atoms with Gasteiger partial charge in [-0.15, -0.1) is 11.6 Å². The van der Waals surface area contributed by atoms with E-state index in [1.807, 2.05) is 6.20 Å². The van der Waals surface area contributed by atoms with Crippen molar-refractivity contribution in [1.82, 2.24) is 4.98 Å². The second kappa shape index (κ2) is 5.08. The third-order valence-electron chi connectivity index (χ3n) is 3.91. The van der Waals surface area contributed by atoms with Gasteiger partial charge >= 0.3 is 0 Å². The molecule has 18 heavy (non-hydrogen) atoms. The molecule has 0 radical (unpaired) electrons. The van der Waals surface area contributed by atoms with Crippen LogP contribution in [0.2, 0.25) is 0 Å². The van der Waals surface area contributed by atoms with Crippen molar-refractivity contribution >= 4 is 17.4 Å². The van der Waals surface area contributed by atoms with Gasteiger partial charge < -0.3 is 4.90 Å². The molecule has 0 amide bonds. The molecule has 2 nitrogen and oxygen atoms in total. The molecule has 2 aliphatic carbocycles. The lowest BCUT2D eigenvalue weighted by molar-refractivity contribution is 0.669. The molecule has 3 heteroatoms. The number of hydrogen-bond donors (Lipinski definition) is 0. The van der Waals surface area contributed by atoms with Crippen molar-refractivity contribution in [2.75, 3.05) is 18.0 Å². The van der Waals surface area contributed by atoms with Gasteiger partial charge in [-0.2, -0.15) is 0 Å². The highest BCUT2D eigenvalue weighted by Crippen LogP contribution is 2.36. The molecule has 1 heterocycles. The van der Waals surface area contributed by atoms with Crippen LogP contribution in [0, 0.1) is 18.8 Å². The minimum atomic E-state index is 0.555. The zero-order valence-corrected chi connectivity index (χ0v) is 11.8. The number of halogens is 1. The highest BCUT2D eigenvalue weighted by molar-refractivity contribution is 6.17. The summed E-state index contributed by atoms with van der Waals surface area (Å²) in [5, 5.41) is 0. The first kappa shape index (κ1) is 12.3. The first-order chi connectivity index (χ1) is 8.76. The molecule has 2 saturated carbocycles. The van der Waals surface area contributed by atoms with E-state index in [1.54, 1.807) is 0 Å². The van der Waals surface area contributed by atoms with Crippen molar-refractivity contribution in [3.05, 3.63) is 23.4 Å². The molecular weight excluding hydrogens is 244 g/mol.